The fraction of sp³-hybridized carbons (Fsp3) is 0.182. The molecule has 0 saturated heterocycles. The van der Waals surface area contributed by atoms with Crippen LogP contribution >= 0.6 is 23.2 Å². The summed E-state index contributed by atoms with van der Waals surface area (Å²) in [5, 5.41) is 3.57. The van der Waals surface area contributed by atoms with Gasteiger partial charge in [-0.25, -0.2) is 0 Å². The van der Waals surface area contributed by atoms with Gasteiger partial charge in [0.25, 0.3) is 5.91 Å². The first kappa shape index (κ1) is 12.1. The van der Waals surface area contributed by atoms with Gasteiger partial charge in [0.05, 0.1) is 6.54 Å². The molecule has 15 heavy (non-hydrogen) atoms. The smallest absolute Gasteiger partial charge is 0.251 e. The number of rotatable bonds is 3. The summed E-state index contributed by atoms with van der Waals surface area (Å²) in [5.74, 6) is -0.197. The molecule has 0 fully saturated rings. The number of aryl methyl sites for hydroxylation is 1. The van der Waals surface area contributed by atoms with Crippen molar-refractivity contribution in [2.45, 2.75) is 6.92 Å². The van der Waals surface area contributed by atoms with E-state index < -0.39 is 0 Å². The van der Waals surface area contributed by atoms with E-state index in [2.05, 4.69) is 11.9 Å². The maximum Gasteiger partial charge on any atom is 0.251 e. The minimum atomic E-state index is -0.197. The number of carbonyl (C=O) groups is 1. The molecule has 0 aliphatic carbocycles. The molecule has 80 valence electrons. The first-order chi connectivity index (χ1) is 7.00. The highest BCUT2D eigenvalue weighted by Gasteiger charge is 2.08. The van der Waals surface area contributed by atoms with Gasteiger partial charge in [0.2, 0.25) is 0 Å². The van der Waals surface area contributed by atoms with Crippen LogP contribution in [0.15, 0.2) is 29.8 Å². The first-order valence-corrected chi connectivity index (χ1v) is 5.14. The lowest BCUT2D eigenvalue weighted by atomic mass is 10.1. The molecule has 0 bridgehead atoms. The van der Waals surface area contributed by atoms with Crippen LogP contribution in [0, 0.1) is 6.92 Å². The Hall–Kier alpha value is -0.990. The zero-order chi connectivity index (χ0) is 11.4. The predicted molar refractivity (Wildman–Crippen MR) is 63.5 cm³/mol. The summed E-state index contributed by atoms with van der Waals surface area (Å²) in [6.45, 7) is 5.59. The summed E-state index contributed by atoms with van der Waals surface area (Å²) >= 11 is 11.3. The molecule has 0 radical (unpaired) electrons. The second-order valence-electron chi connectivity index (χ2n) is 3.16. The van der Waals surface area contributed by atoms with Gasteiger partial charge in [0.15, 0.2) is 0 Å². The van der Waals surface area contributed by atoms with Crippen LogP contribution in [-0.4, -0.2) is 12.5 Å². The van der Waals surface area contributed by atoms with E-state index in [1.54, 1.807) is 18.2 Å². The average molecular weight is 244 g/mol. The number of halogens is 2. The molecule has 2 nitrogen and oxygen atoms in total. The van der Waals surface area contributed by atoms with E-state index >= 15 is 0 Å². The number of amides is 1. The van der Waals surface area contributed by atoms with Crippen molar-refractivity contribution in [1.82, 2.24) is 5.32 Å². The van der Waals surface area contributed by atoms with Gasteiger partial charge in [0, 0.05) is 15.6 Å². The van der Waals surface area contributed by atoms with Gasteiger partial charge in [-0.3, -0.25) is 4.79 Å². The van der Waals surface area contributed by atoms with E-state index in [4.69, 9.17) is 23.2 Å². The van der Waals surface area contributed by atoms with Crippen molar-refractivity contribution in [2.75, 3.05) is 6.54 Å². The first-order valence-electron chi connectivity index (χ1n) is 4.38. The van der Waals surface area contributed by atoms with E-state index in [0.29, 0.717) is 15.6 Å². The zero-order valence-corrected chi connectivity index (χ0v) is 9.82. The van der Waals surface area contributed by atoms with Gasteiger partial charge in [0.1, 0.15) is 0 Å². The fourth-order valence-electron chi connectivity index (χ4n) is 1.11. The molecule has 0 atom stereocenters. The molecule has 0 aliphatic rings. The predicted octanol–water partition coefficient (Wildman–Crippen LogP) is 3.13. The van der Waals surface area contributed by atoms with Gasteiger partial charge in [-0.15, -0.1) is 0 Å². The standard InChI is InChI=1S/C11H11Cl2NO/c1-7-3-4-9(13)5-10(7)11(15)14-6-8(2)12/h3-5H,2,6H2,1H3,(H,14,15). The van der Waals surface area contributed by atoms with Crippen molar-refractivity contribution in [3.63, 3.8) is 0 Å². The van der Waals surface area contributed by atoms with Crippen LogP contribution in [0.5, 0.6) is 0 Å². The topological polar surface area (TPSA) is 29.1 Å². The van der Waals surface area contributed by atoms with E-state index in [9.17, 15) is 4.79 Å². The van der Waals surface area contributed by atoms with Gasteiger partial charge < -0.3 is 5.32 Å². The van der Waals surface area contributed by atoms with Gasteiger partial charge >= 0.3 is 0 Å². The SMILES string of the molecule is C=C(Cl)CNC(=O)c1cc(Cl)ccc1C. The Bertz CT molecular complexity index is 402. The highest BCUT2D eigenvalue weighted by molar-refractivity contribution is 6.31. The van der Waals surface area contributed by atoms with E-state index in [1.807, 2.05) is 6.92 Å². The normalized spacial score (nSPS) is 9.80. The van der Waals surface area contributed by atoms with Crippen LogP contribution in [0.2, 0.25) is 5.02 Å². The lowest BCUT2D eigenvalue weighted by Gasteiger charge is -2.07. The molecule has 1 amide bonds. The molecule has 0 spiro atoms. The van der Waals surface area contributed by atoms with Crippen molar-refractivity contribution in [2.24, 2.45) is 0 Å². The maximum atomic E-state index is 11.7. The van der Waals surface area contributed by atoms with Crippen LogP contribution in [-0.2, 0) is 0 Å². The van der Waals surface area contributed by atoms with Crippen LogP contribution in [0.4, 0.5) is 0 Å². The van der Waals surface area contributed by atoms with Crippen LogP contribution in [0.1, 0.15) is 15.9 Å². The Labute approximate surface area is 98.9 Å². The Morgan fingerprint density at radius 2 is 2.20 bits per heavy atom. The number of benzene rings is 1. The quantitative estimate of drug-likeness (QED) is 0.869. The minimum absolute atomic E-state index is 0.197. The third-order valence-corrected chi connectivity index (χ3v) is 2.25. The van der Waals surface area contributed by atoms with Gasteiger partial charge in [-0.05, 0) is 24.6 Å². The minimum Gasteiger partial charge on any atom is -0.347 e. The molecule has 0 heterocycles. The van der Waals surface area contributed by atoms with Crippen molar-refractivity contribution in [3.05, 3.63) is 46.0 Å². The second-order valence-corrected chi connectivity index (χ2v) is 4.13. The number of carbonyl (C=O) groups excluding carboxylic acids is 1. The second kappa shape index (κ2) is 5.19. The molecule has 0 unspecified atom stereocenters. The fourth-order valence-corrected chi connectivity index (χ4v) is 1.35. The molecule has 1 rings (SSSR count). The van der Waals surface area contributed by atoms with Crippen molar-refractivity contribution < 1.29 is 4.79 Å². The van der Waals surface area contributed by atoms with Crippen molar-refractivity contribution >= 4 is 29.1 Å². The van der Waals surface area contributed by atoms with Crippen molar-refractivity contribution in [1.29, 1.82) is 0 Å². The van der Waals surface area contributed by atoms with Crippen LogP contribution < -0.4 is 5.32 Å². The maximum absolute atomic E-state index is 11.7. The highest BCUT2D eigenvalue weighted by atomic mass is 35.5. The monoisotopic (exact) mass is 243 g/mol. The molecule has 4 heteroatoms. The molecule has 1 N–H and O–H groups in total. The summed E-state index contributed by atoms with van der Waals surface area (Å²) < 4.78 is 0. The van der Waals surface area contributed by atoms with Crippen molar-refractivity contribution in [3.8, 4) is 0 Å². The van der Waals surface area contributed by atoms with Crippen LogP contribution in [0.25, 0.3) is 0 Å². The third-order valence-electron chi connectivity index (χ3n) is 1.89. The lowest BCUT2D eigenvalue weighted by Crippen LogP contribution is -2.25. The van der Waals surface area contributed by atoms with Gasteiger partial charge in [-0.2, -0.15) is 0 Å². The Balaban J connectivity index is 2.81. The highest BCUT2D eigenvalue weighted by Crippen LogP contribution is 2.15. The largest absolute Gasteiger partial charge is 0.347 e. The molecule has 1 aromatic rings. The summed E-state index contributed by atoms with van der Waals surface area (Å²) in [4.78, 5) is 11.7. The Morgan fingerprint density at radius 1 is 1.53 bits per heavy atom. The summed E-state index contributed by atoms with van der Waals surface area (Å²) in [6.07, 6.45) is 0. The Kier molecular flexibility index (Phi) is 4.18. The Morgan fingerprint density at radius 3 is 2.80 bits per heavy atom. The molecule has 1 aromatic carbocycles. The molecule has 0 aliphatic heterocycles. The molecule has 0 saturated carbocycles. The molecular weight excluding hydrogens is 233 g/mol. The number of hydrogen-bond donors (Lipinski definition) is 1. The molecule has 0 aromatic heterocycles. The number of nitrogens with one attached hydrogen (secondary N) is 1. The summed E-state index contributed by atoms with van der Waals surface area (Å²) in [6, 6.07) is 5.17. The summed E-state index contributed by atoms with van der Waals surface area (Å²) in [7, 11) is 0. The van der Waals surface area contributed by atoms with Crippen LogP contribution in [0.3, 0.4) is 0 Å². The lowest BCUT2D eigenvalue weighted by molar-refractivity contribution is 0.0957. The van der Waals surface area contributed by atoms with Gasteiger partial charge in [-0.1, -0.05) is 35.8 Å². The summed E-state index contributed by atoms with van der Waals surface area (Å²) in [5.41, 5.74) is 1.43. The third kappa shape index (κ3) is 3.57. The molecular formula is C11H11Cl2NO. The van der Waals surface area contributed by atoms with E-state index in [1.165, 1.54) is 0 Å². The van der Waals surface area contributed by atoms with E-state index in [-0.39, 0.29) is 12.5 Å². The average Bonchev–Trinajstić information content (AvgIpc) is 2.18. The number of hydrogen-bond acceptors (Lipinski definition) is 1. The van der Waals surface area contributed by atoms with E-state index in [0.717, 1.165) is 5.56 Å². The zero-order valence-electron chi connectivity index (χ0n) is 8.31.